The Labute approximate surface area is 147 Å². The summed E-state index contributed by atoms with van der Waals surface area (Å²) in [6.45, 7) is 8.04. The molecule has 0 aliphatic carbocycles. The number of carbonyl (C=O) groups is 1. The van der Waals surface area contributed by atoms with Crippen LogP contribution in [0.4, 0.5) is 0 Å². The highest BCUT2D eigenvalue weighted by Gasteiger charge is 2.24. The molecular weight excluding hydrogens is 320 g/mol. The minimum atomic E-state index is 0.0181. The Bertz CT molecular complexity index is 721. The lowest BCUT2D eigenvalue weighted by molar-refractivity contribution is -0.0226. The number of amides is 1. The minimum Gasteiger partial charge on any atom is -0.489 e. The zero-order chi connectivity index (χ0) is 17.8. The van der Waals surface area contributed by atoms with Gasteiger partial charge in [0, 0.05) is 18.7 Å². The van der Waals surface area contributed by atoms with E-state index in [0.29, 0.717) is 37.6 Å². The van der Waals surface area contributed by atoms with E-state index in [9.17, 15) is 4.79 Å². The number of morpholine rings is 1. The largest absolute Gasteiger partial charge is 0.489 e. The molecule has 1 aliphatic rings. The highest BCUT2D eigenvalue weighted by atomic mass is 16.5. The van der Waals surface area contributed by atoms with Crippen LogP contribution in [0.3, 0.4) is 0 Å². The SMILES string of the molecule is CCC1CN(C(=O)c2cccc(OCc3c(C)noc3C)c2)CCO1. The molecule has 1 fully saturated rings. The fourth-order valence-electron chi connectivity index (χ4n) is 2.92. The summed E-state index contributed by atoms with van der Waals surface area (Å²) in [5, 5.41) is 3.92. The van der Waals surface area contributed by atoms with Crippen molar-refractivity contribution >= 4 is 5.91 Å². The van der Waals surface area contributed by atoms with Gasteiger partial charge in [-0.05, 0) is 38.5 Å². The highest BCUT2D eigenvalue weighted by molar-refractivity contribution is 5.94. The van der Waals surface area contributed by atoms with Crippen LogP contribution in [0.1, 0.15) is 40.7 Å². The zero-order valence-electron chi connectivity index (χ0n) is 14.9. The molecule has 134 valence electrons. The molecule has 2 aromatic rings. The summed E-state index contributed by atoms with van der Waals surface area (Å²) in [7, 11) is 0. The molecule has 1 saturated heterocycles. The second kappa shape index (κ2) is 7.70. The second-order valence-electron chi connectivity index (χ2n) is 6.27. The summed E-state index contributed by atoms with van der Waals surface area (Å²) >= 11 is 0. The fourth-order valence-corrected chi connectivity index (χ4v) is 2.92. The van der Waals surface area contributed by atoms with Gasteiger partial charge in [-0.3, -0.25) is 4.79 Å². The van der Waals surface area contributed by atoms with E-state index in [-0.39, 0.29) is 12.0 Å². The number of aromatic nitrogens is 1. The van der Waals surface area contributed by atoms with Crippen molar-refractivity contribution in [3.8, 4) is 5.75 Å². The summed E-state index contributed by atoms with van der Waals surface area (Å²) in [5.41, 5.74) is 2.40. The van der Waals surface area contributed by atoms with Crippen LogP contribution in [0, 0.1) is 13.8 Å². The monoisotopic (exact) mass is 344 g/mol. The van der Waals surface area contributed by atoms with Crippen LogP contribution in [0.2, 0.25) is 0 Å². The zero-order valence-corrected chi connectivity index (χ0v) is 14.9. The van der Waals surface area contributed by atoms with Crippen molar-refractivity contribution < 1.29 is 18.8 Å². The van der Waals surface area contributed by atoms with Gasteiger partial charge >= 0.3 is 0 Å². The molecule has 0 bridgehead atoms. The summed E-state index contributed by atoms with van der Waals surface area (Å²) in [6.07, 6.45) is 1.03. The molecule has 1 aromatic carbocycles. The molecule has 25 heavy (non-hydrogen) atoms. The molecule has 3 rings (SSSR count). The van der Waals surface area contributed by atoms with Gasteiger partial charge in [-0.2, -0.15) is 0 Å². The number of ether oxygens (including phenoxy) is 2. The number of aryl methyl sites for hydroxylation is 2. The van der Waals surface area contributed by atoms with Gasteiger partial charge in [0.05, 0.1) is 24.0 Å². The first-order chi connectivity index (χ1) is 12.1. The van der Waals surface area contributed by atoms with Crippen LogP contribution >= 0.6 is 0 Å². The standard InChI is InChI=1S/C19H24N2O4/c1-4-16-11-21(8-9-23-16)19(22)15-6-5-7-17(10-15)24-12-18-13(2)20-25-14(18)3/h5-7,10,16H,4,8-9,11-12H2,1-3H3. The van der Waals surface area contributed by atoms with Crippen molar-refractivity contribution in [1.82, 2.24) is 10.1 Å². The Kier molecular flexibility index (Phi) is 5.38. The fraction of sp³-hybridized carbons (Fsp3) is 0.474. The van der Waals surface area contributed by atoms with E-state index >= 15 is 0 Å². The van der Waals surface area contributed by atoms with Crippen molar-refractivity contribution in [3.05, 3.63) is 46.8 Å². The smallest absolute Gasteiger partial charge is 0.254 e. The number of rotatable bonds is 5. The normalized spacial score (nSPS) is 17.6. The molecule has 6 heteroatoms. The van der Waals surface area contributed by atoms with Gasteiger partial charge in [0.2, 0.25) is 0 Å². The number of benzene rings is 1. The van der Waals surface area contributed by atoms with Crippen molar-refractivity contribution in [2.24, 2.45) is 0 Å². The average molecular weight is 344 g/mol. The van der Waals surface area contributed by atoms with E-state index in [1.807, 2.05) is 36.9 Å². The number of hydrogen-bond acceptors (Lipinski definition) is 5. The first kappa shape index (κ1) is 17.5. The summed E-state index contributed by atoms with van der Waals surface area (Å²) in [4.78, 5) is 14.6. The van der Waals surface area contributed by atoms with Crippen molar-refractivity contribution in [2.75, 3.05) is 19.7 Å². The van der Waals surface area contributed by atoms with E-state index in [1.165, 1.54) is 0 Å². The van der Waals surface area contributed by atoms with Crippen molar-refractivity contribution in [2.45, 2.75) is 39.9 Å². The third kappa shape index (κ3) is 4.02. The van der Waals surface area contributed by atoms with Crippen LogP contribution in [-0.4, -0.2) is 41.8 Å². The van der Waals surface area contributed by atoms with Crippen molar-refractivity contribution in [3.63, 3.8) is 0 Å². The lowest BCUT2D eigenvalue weighted by Crippen LogP contribution is -2.45. The molecule has 1 amide bonds. The van der Waals surface area contributed by atoms with E-state index in [2.05, 4.69) is 12.1 Å². The van der Waals surface area contributed by atoms with E-state index < -0.39 is 0 Å². The first-order valence-corrected chi connectivity index (χ1v) is 8.64. The van der Waals surface area contributed by atoms with E-state index in [4.69, 9.17) is 14.0 Å². The summed E-state index contributed by atoms with van der Waals surface area (Å²) < 4.78 is 16.6. The minimum absolute atomic E-state index is 0.0181. The van der Waals surface area contributed by atoms with Crippen LogP contribution in [0.15, 0.2) is 28.8 Å². The first-order valence-electron chi connectivity index (χ1n) is 8.64. The third-order valence-corrected chi connectivity index (χ3v) is 4.53. The Morgan fingerprint density at radius 2 is 2.24 bits per heavy atom. The Morgan fingerprint density at radius 3 is 2.96 bits per heavy atom. The number of hydrogen-bond donors (Lipinski definition) is 0. The Balaban J connectivity index is 1.67. The van der Waals surface area contributed by atoms with Gasteiger partial charge in [0.25, 0.3) is 5.91 Å². The Morgan fingerprint density at radius 1 is 1.40 bits per heavy atom. The Hall–Kier alpha value is -2.34. The quantitative estimate of drug-likeness (QED) is 0.834. The molecule has 0 N–H and O–H groups in total. The molecule has 0 saturated carbocycles. The van der Waals surface area contributed by atoms with Crippen LogP contribution in [0.25, 0.3) is 0 Å². The molecule has 6 nitrogen and oxygen atoms in total. The predicted molar refractivity (Wildman–Crippen MR) is 92.7 cm³/mol. The van der Waals surface area contributed by atoms with Gasteiger partial charge in [0.1, 0.15) is 18.1 Å². The van der Waals surface area contributed by atoms with E-state index in [0.717, 1.165) is 23.4 Å². The molecule has 0 radical (unpaired) electrons. The van der Waals surface area contributed by atoms with Gasteiger partial charge in [-0.1, -0.05) is 18.1 Å². The maximum atomic E-state index is 12.7. The maximum Gasteiger partial charge on any atom is 0.254 e. The van der Waals surface area contributed by atoms with Crippen LogP contribution in [0.5, 0.6) is 5.75 Å². The van der Waals surface area contributed by atoms with E-state index in [1.54, 1.807) is 6.07 Å². The number of nitrogens with zero attached hydrogens (tertiary/aromatic N) is 2. The molecule has 1 unspecified atom stereocenters. The van der Waals surface area contributed by atoms with Crippen molar-refractivity contribution in [1.29, 1.82) is 0 Å². The highest BCUT2D eigenvalue weighted by Crippen LogP contribution is 2.20. The molecule has 1 aliphatic heterocycles. The second-order valence-corrected chi connectivity index (χ2v) is 6.27. The summed E-state index contributed by atoms with van der Waals surface area (Å²) in [6, 6.07) is 7.30. The third-order valence-electron chi connectivity index (χ3n) is 4.53. The van der Waals surface area contributed by atoms with Gasteiger partial charge in [0.15, 0.2) is 0 Å². The number of carbonyl (C=O) groups excluding carboxylic acids is 1. The topological polar surface area (TPSA) is 64.8 Å². The lowest BCUT2D eigenvalue weighted by atomic mass is 10.1. The van der Waals surface area contributed by atoms with Gasteiger partial charge in [-0.15, -0.1) is 0 Å². The van der Waals surface area contributed by atoms with Crippen LogP contribution < -0.4 is 4.74 Å². The van der Waals surface area contributed by atoms with Gasteiger partial charge < -0.3 is 18.9 Å². The molecule has 2 heterocycles. The van der Waals surface area contributed by atoms with Gasteiger partial charge in [-0.25, -0.2) is 0 Å². The summed E-state index contributed by atoms with van der Waals surface area (Å²) in [5.74, 6) is 1.43. The molecule has 1 atom stereocenters. The predicted octanol–water partition coefficient (Wildman–Crippen LogP) is 3.12. The lowest BCUT2D eigenvalue weighted by Gasteiger charge is -2.32. The van der Waals surface area contributed by atoms with Crippen LogP contribution in [-0.2, 0) is 11.3 Å². The molecule has 1 aromatic heterocycles. The average Bonchev–Trinajstić information content (AvgIpc) is 2.97. The molecule has 0 spiro atoms. The molecular formula is C19H24N2O4. The maximum absolute atomic E-state index is 12.7.